The molecule has 0 fully saturated rings. The van der Waals surface area contributed by atoms with Crippen LogP contribution in [0.5, 0.6) is 5.75 Å². The number of carbonyl (C=O) groups excluding carboxylic acids is 1. The molecule has 0 aliphatic carbocycles. The van der Waals surface area contributed by atoms with E-state index in [0.717, 1.165) is 36.0 Å². The number of unbranched alkanes of at least 4 members (excludes halogenated alkanes) is 5. The van der Waals surface area contributed by atoms with Gasteiger partial charge in [-0.3, -0.25) is 4.79 Å². The third-order valence-corrected chi connectivity index (χ3v) is 3.53. The molecule has 0 saturated heterocycles. The molecule has 0 radical (unpaired) electrons. The van der Waals surface area contributed by atoms with Gasteiger partial charge in [-0.05, 0) is 42.2 Å². The fourth-order valence-electron chi connectivity index (χ4n) is 2.31. The minimum atomic E-state index is 0.846. The van der Waals surface area contributed by atoms with Crippen molar-refractivity contribution in [3.63, 3.8) is 0 Å². The molecule has 0 saturated carbocycles. The number of allylic oxidation sites excluding steroid dienone is 2. The number of rotatable bonds is 10. The lowest BCUT2D eigenvalue weighted by Crippen LogP contribution is -1.89. The van der Waals surface area contributed by atoms with Crippen molar-refractivity contribution in [3.05, 3.63) is 35.9 Å². The fraction of sp³-hybridized carbons (Fsp3) is 0.500. The van der Waals surface area contributed by atoms with E-state index in [2.05, 4.69) is 6.92 Å². The second kappa shape index (κ2) is 10.2. The summed E-state index contributed by atoms with van der Waals surface area (Å²) in [5, 5.41) is 0. The standard InChI is InChI=1S/C18H26O2/c1-3-4-5-6-7-8-9-16(14-15-19)17-10-12-18(20-2)13-11-17/h10-15H,3-9H2,1-2H3. The molecule has 0 aliphatic rings. The predicted molar refractivity (Wildman–Crippen MR) is 85.0 cm³/mol. The van der Waals surface area contributed by atoms with E-state index in [1.54, 1.807) is 13.2 Å². The molecular formula is C18H26O2. The Balaban J connectivity index is 2.47. The summed E-state index contributed by atoms with van der Waals surface area (Å²) < 4.78 is 5.16. The van der Waals surface area contributed by atoms with Crippen molar-refractivity contribution in [3.8, 4) is 5.75 Å². The van der Waals surface area contributed by atoms with Crippen LogP contribution in [0.15, 0.2) is 30.3 Å². The zero-order valence-electron chi connectivity index (χ0n) is 12.7. The highest BCUT2D eigenvalue weighted by Crippen LogP contribution is 2.23. The van der Waals surface area contributed by atoms with E-state index in [9.17, 15) is 4.79 Å². The summed E-state index contributed by atoms with van der Waals surface area (Å²) in [6, 6.07) is 7.92. The average molecular weight is 274 g/mol. The van der Waals surface area contributed by atoms with Crippen LogP contribution in [0.4, 0.5) is 0 Å². The van der Waals surface area contributed by atoms with E-state index in [1.807, 2.05) is 24.3 Å². The van der Waals surface area contributed by atoms with Crippen LogP contribution < -0.4 is 4.74 Å². The van der Waals surface area contributed by atoms with Crippen molar-refractivity contribution in [1.82, 2.24) is 0 Å². The van der Waals surface area contributed by atoms with Gasteiger partial charge >= 0.3 is 0 Å². The highest BCUT2D eigenvalue weighted by molar-refractivity contribution is 5.81. The van der Waals surface area contributed by atoms with Crippen molar-refractivity contribution in [2.45, 2.75) is 51.9 Å². The molecule has 1 aromatic rings. The van der Waals surface area contributed by atoms with Crippen LogP contribution in [0.3, 0.4) is 0 Å². The molecule has 0 aliphatic heterocycles. The number of carbonyl (C=O) groups is 1. The largest absolute Gasteiger partial charge is 0.497 e. The van der Waals surface area contributed by atoms with E-state index in [4.69, 9.17) is 4.74 Å². The van der Waals surface area contributed by atoms with E-state index in [0.29, 0.717) is 0 Å². The van der Waals surface area contributed by atoms with Crippen LogP contribution in [-0.4, -0.2) is 13.4 Å². The summed E-state index contributed by atoms with van der Waals surface area (Å²) in [6.45, 7) is 2.23. The number of ether oxygens (including phenoxy) is 1. The van der Waals surface area contributed by atoms with Crippen LogP contribution in [0.1, 0.15) is 57.4 Å². The van der Waals surface area contributed by atoms with Crippen LogP contribution in [-0.2, 0) is 4.79 Å². The number of hydrogen-bond donors (Lipinski definition) is 0. The predicted octanol–water partition coefficient (Wildman–Crippen LogP) is 5.03. The zero-order valence-corrected chi connectivity index (χ0v) is 12.7. The third-order valence-electron chi connectivity index (χ3n) is 3.53. The Kier molecular flexibility index (Phi) is 8.44. The first kappa shape index (κ1) is 16.5. The normalized spacial score (nSPS) is 11.4. The summed E-state index contributed by atoms with van der Waals surface area (Å²) in [6.07, 6.45) is 11.2. The molecule has 0 heterocycles. The molecule has 0 bridgehead atoms. The maximum atomic E-state index is 10.8. The molecule has 0 atom stereocenters. The van der Waals surface area contributed by atoms with Gasteiger partial charge in [0.2, 0.25) is 0 Å². The van der Waals surface area contributed by atoms with Gasteiger partial charge in [-0.15, -0.1) is 0 Å². The number of hydrogen-bond acceptors (Lipinski definition) is 2. The minimum Gasteiger partial charge on any atom is -0.497 e. The lowest BCUT2D eigenvalue weighted by Gasteiger charge is -2.08. The Morgan fingerprint density at radius 3 is 2.30 bits per heavy atom. The molecule has 0 N–H and O–H groups in total. The van der Waals surface area contributed by atoms with Crippen molar-refractivity contribution in [2.24, 2.45) is 0 Å². The molecular weight excluding hydrogens is 248 g/mol. The fourth-order valence-corrected chi connectivity index (χ4v) is 2.31. The number of benzene rings is 1. The van der Waals surface area contributed by atoms with Crippen molar-refractivity contribution < 1.29 is 9.53 Å². The van der Waals surface area contributed by atoms with Gasteiger partial charge in [0, 0.05) is 0 Å². The summed E-state index contributed by atoms with van der Waals surface area (Å²) in [5.74, 6) is 0.846. The van der Waals surface area contributed by atoms with E-state index in [-0.39, 0.29) is 0 Å². The maximum absolute atomic E-state index is 10.8. The molecule has 0 spiro atoms. The van der Waals surface area contributed by atoms with Crippen LogP contribution >= 0.6 is 0 Å². The monoisotopic (exact) mass is 274 g/mol. The van der Waals surface area contributed by atoms with Gasteiger partial charge in [0.05, 0.1) is 7.11 Å². The van der Waals surface area contributed by atoms with E-state index < -0.39 is 0 Å². The zero-order chi connectivity index (χ0) is 14.6. The van der Waals surface area contributed by atoms with Crippen molar-refractivity contribution in [1.29, 1.82) is 0 Å². The Bertz CT molecular complexity index is 404. The van der Waals surface area contributed by atoms with Crippen LogP contribution in [0.2, 0.25) is 0 Å². The van der Waals surface area contributed by atoms with Crippen LogP contribution in [0.25, 0.3) is 5.57 Å². The van der Waals surface area contributed by atoms with E-state index >= 15 is 0 Å². The Morgan fingerprint density at radius 1 is 1.05 bits per heavy atom. The Morgan fingerprint density at radius 2 is 1.70 bits per heavy atom. The maximum Gasteiger partial charge on any atom is 0.143 e. The molecule has 0 amide bonds. The van der Waals surface area contributed by atoms with E-state index in [1.165, 1.54) is 32.1 Å². The second-order valence-corrected chi connectivity index (χ2v) is 5.07. The summed E-state index contributed by atoms with van der Waals surface area (Å²) in [7, 11) is 1.66. The molecule has 1 aromatic carbocycles. The number of aldehydes is 1. The van der Waals surface area contributed by atoms with Gasteiger partial charge in [0.1, 0.15) is 12.0 Å². The first-order valence-electron chi connectivity index (χ1n) is 7.60. The number of methoxy groups -OCH3 is 1. The first-order chi connectivity index (χ1) is 9.81. The summed E-state index contributed by atoms with van der Waals surface area (Å²) >= 11 is 0. The molecule has 0 unspecified atom stereocenters. The van der Waals surface area contributed by atoms with Crippen molar-refractivity contribution in [2.75, 3.05) is 7.11 Å². The highest BCUT2D eigenvalue weighted by Gasteiger charge is 2.02. The molecule has 2 heteroatoms. The summed E-state index contributed by atoms with van der Waals surface area (Å²) in [4.78, 5) is 10.8. The van der Waals surface area contributed by atoms with Crippen molar-refractivity contribution >= 4 is 11.9 Å². The van der Waals surface area contributed by atoms with Gasteiger partial charge in [-0.1, -0.05) is 51.2 Å². The molecule has 0 aromatic heterocycles. The molecule has 20 heavy (non-hydrogen) atoms. The van der Waals surface area contributed by atoms with Gasteiger partial charge in [0.25, 0.3) is 0 Å². The van der Waals surface area contributed by atoms with Gasteiger partial charge in [-0.25, -0.2) is 0 Å². The van der Waals surface area contributed by atoms with Gasteiger partial charge in [-0.2, -0.15) is 0 Å². The Labute approximate surface area is 122 Å². The third kappa shape index (κ3) is 6.05. The topological polar surface area (TPSA) is 26.3 Å². The quantitative estimate of drug-likeness (QED) is 0.340. The molecule has 2 nitrogen and oxygen atoms in total. The second-order valence-electron chi connectivity index (χ2n) is 5.07. The SMILES string of the molecule is CCCCCCCCC(=CC=O)c1ccc(OC)cc1. The van der Waals surface area contributed by atoms with Crippen LogP contribution in [0, 0.1) is 0 Å². The summed E-state index contributed by atoms with van der Waals surface area (Å²) in [5.41, 5.74) is 2.24. The van der Waals surface area contributed by atoms with Gasteiger partial charge < -0.3 is 4.74 Å². The highest BCUT2D eigenvalue weighted by atomic mass is 16.5. The minimum absolute atomic E-state index is 0.846. The lowest BCUT2D eigenvalue weighted by molar-refractivity contribution is -0.104. The molecule has 110 valence electrons. The first-order valence-corrected chi connectivity index (χ1v) is 7.60. The average Bonchev–Trinajstić information content (AvgIpc) is 2.50. The smallest absolute Gasteiger partial charge is 0.143 e. The molecule has 1 rings (SSSR count). The lowest BCUT2D eigenvalue weighted by atomic mass is 9.98. The Hall–Kier alpha value is -1.57. The van der Waals surface area contributed by atoms with Gasteiger partial charge in [0.15, 0.2) is 0 Å².